The van der Waals surface area contributed by atoms with Crippen molar-refractivity contribution in [1.82, 2.24) is 10.0 Å². The first-order valence-electron chi connectivity index (χ1n) is 5.90. The predicted octanol–water partition coefficient (Wildman–Crippen LogP) is 1.29. The van der Waals surface area contributed by atoms with Crippen LogP contribution in [-0.4, -0.2) is 21.5 Å². The molecule has 0 heterocycles. The highest BCUT2D eigenvalue weighted by molar-refractivity contribution is 7.89. The van der Waals surface area contributed by atoms with Gasteiger partial charge in [0.2, 0.25) is 10.0 Å². The van der Waals surface area contributed by atoms with Crippen LogP contribution in [0.2, 0.25) is 0 Å². The first-order valence-corrected chi connectivity index (χ1v) is 7.38. The fourth-order valence-corrected chi connectivity index (χ4v) is 2.77. The summed E-state index contributed by atoms with van der Waals surface area (Å²) in [7, 11) is -2.29. The Labute approximate surface area is 107 Å². The standard InChI is InChI=1S/C12H17FN2O2S/c1-8-11(13)5-9(7-15-10-3-4-10)6-12(8)18(16,17)14-2/h5-6,10,14-15H,3-4,7H2,1-2H3. The van der Waals surface area contributed by atoms with Gasteiger partial charge >= 0.3 is 0 Å². The Balaban J connectivity index is 2.32. The van der Waals surface area contributed by atoms with Crippen molar-refractivity contribution in [2.24, 2.45) is 0 Å². The van der Waals surface area contributed by atoms with E-state index in [0.717, 1.165) is 12.8 Å². The van der Waals surface area contributed by atoms with E-state index >= 15 is 0 Å². The highest BCUT2D eigenvalue weighted by Crippen LogP contribution is 2.22. The van der Waals surface area contributed by atoms with E-state index in [1.807, 2.05) is 0 Å². The molecular weight excluding hydrogens is 255 g/mol. The Kier molecular flexibility index (Phi) is 3.70. The minimum Gasteiger partial charge on any atom is -0.310 e. The van der Waals surface area contributed by atoms with Gasteiger partial charge in [-0.3, -0.25) is 0 Å². The molecule has 0 unspecified atom stereocenters. The number of rotatable bonds is 5. The highest BCUT2D eigenvalue weighted by Gasteiger charge is 2.22. The lowest BCUT2D eigenvalue weighted by molar-refractivity contribution is 0.577. The van der Waals surface area contributed by atoms with Crippen LogP contribution in [0.5, 0.6) is 0 Å². The van der Waals surface area contributed by atoms with Crippen molar-refractivity contribution >= 4 is 10.0 Å². The Hall–Kier alpha value is -0.980. The van der Waals surface area contributed by atoms with Gasteiger partial charge in [0, 0.05) is 18.2 Å². The van der Waals surface area contributed by atoms with Gasteiger partial charge < -0.3 is 5.32 Å². The molecule has 2 rings (SSSR count). The van der Waals surface area contributed by atoms with Crippen LogP contribution in [-0.2, 0) is 16.6 Å². The lowest BCUT2D eigenvalue weighted by Crippen LogP contribution is -2.21. The molecule has 1 aliphatic rings. The maximum Gasteiger partial charge on any atom is 0.240 e. The number of benzene rings is 1. The van der Waals surface area contributed by atoms with E-state index in [9.17, 15) is 12.8 Å². The lowest BCUT2D eigenvalue weighted by Gasteiger charge is -2.11. The molecule has 100 valence electrons. The number of nitrogens with one attached hydrogen (secondary N) is 2. The first kappa shape index (κ1) is 13.5. The summed E-state index contributed by atoms with van der Waals surface area (Å²) in [6, 6.07) is 3.41. The average Bonchev–Trinajstić information content (AvgIpc) is 3.14. The SMILES string of the molecule is CNS(=O)(=O)c1cc(CNC2CC2)cc(F)c1C. The van der Waals surface area contributed by atoms with Crippen LogP contribution in [0.4, 0.5) is 4.39 Å². The molecule has 6 heteroatoms. The maximum atomic E-state index is 13.7. The third kappa shape index (κ3) is 2.88. The summed E-state index contributed by atoms with van der Waals surface area (Å²) in [6.45, 7) is 1.96. The van der Waals surface area contributed by atoms with E-state index in [0.29, 0.717) is 18.2 Å². The van der Waals surface area contributed by atoms with Crippen molar-refractivity contribution in [3.05, 3.63) is 29.1 Å². The van der Waals surface area contributed by atoms with Gasteiger partial charge in [-0.05, 0) is 44.5 Å². The minimum atomic E-state index is -3.61. The van der Waals surface area contributed by atoms with Crippen molar-refractivity contribution in [2.45, 2.75) is 37.2 Å². The highest BCUT2D eigenvalue weighted by atomic mass is 32.2. The topological polar surface area (TPSA) is 58.2 Å². The molecule has 0 saturated heterocycles. The molecule has 1 aromatic carbocycles. The van der Waals surface area contributed by atoms with Crippen LogP contribution in [0.1, 0.15) is 24.0 Å². The van der Waals surface area contributed by atoms with Crippen molar-refractivity contribution in [3.8, 4) is 0 Å². The molecule has 1 aliphatic carbocycles. The van der Waals surface area contributed by atoms with E-state index in [1.165, 1.54) is 26.1 Å². The summed E-state index contributed by atoms with van der Waals surface area (Å²) >= 11 is 0. The number of sulfonamides is 1. The Bertz CT molecular complexity index is 553. The third-order valence-corrected chi connectivity index (χ3v) is 4.63. The fraction of sp³-hybridized carbons (Fsp3) is 0.500. The first-order chi connectivity index (χ1) is 8.44. The van der Waals surface area contributed by atoms with E-state index in [4.69, 9.17) is 0 Å². The van der Waals surface area contributed by atoms with Gasteiger partial charge in [0.05, 0.1) is 4.90 Å². The summed E-state index contributed by atoms with van der Waals surface area (Å²) < 4.78 is 39.5. The van der Waals surface area contributed by atoms with Gasteiger partial charge in [-0.15, -0.1) is 0 Å². The van der Waals surface area contributed by atoms with Crippen LogP contribution in [0.25, 0.3) is 0 Å². The molecule has 0 amide bonds. The van der Waals surface area contributed by atoms with Crippen LogP contribution in [0, 0.1) is 12.7 Å². The van der Waals surface area contributed by atoms with Gasteiger partial charge in [-0.2, -0.15) is 0 Å². The van der Waals surface area contributed by atoms with Crippen molar-refractivity contribution in [3.63, 3.8) is 0 Å². The second-order valence-electron chi connectivity index (χ2n) is 4.56. The normalized spacial score (nSPS) is 15.9. The Morgan fingerprint density at radius 1 is 1.39 bits per heavy atom. The Morgan fingerprint density at radius 2 is 2.06 bits per heavy atom. The lowest BCUT2D eigenvalue weighted by atomic mass is 10.1. The van der Waals surface area contributed by atoms with E-state index < -0.39 is 15.8 Å². The molecule has 1 aromatic rings. The van der Waals surface area contributed by atoms with Crippen LogP contribution in [0.15, 0.2) is 17.0 Å². The quantitative estimate of drug-likeness (QED) is 0.849. The molecule has 18 heavy (non-hydrogen) atoms. The van der Waals surface area contributed by atoms with Gasteiger partial charge in [0.1, 0.15) is 5.82 Å². The molecule has 2 N–H and O–H groups in total. The zero-order chi connectivity index (χ0) is 13.3. The average molecular weight is 272 g/mol. The smallest absolute Gasteiger partial charge is 0.240 e. The molecule has 4 nitrogen and oxygen atoms in total. The summed E-state index contributed by atoms with van der Waals surface area (Å²) in [4.78, 5) is 0.0117. The van der Waals surface area contributed by atoms with Gasteiger partial charge in [0.15, 0.2) is 0 Å². The minimum absolute atomic E-state index is 0.0117. The second-order valence-corrected chi connectivity index (χ2v) is 6.42. The Morgan fingerprint density at radius 3 is 2.61 bits per heavy atom. The molecular formula is C12H17FN2O2S. The van der Waals surface area contributed by atoms with Crippen molar-refractivity contribution < 1.29 is 12.8 Å². The summed E-state index contributed by atoms with van der Waals surface area (Å²) in [5, 5.41) is 3.23. The molecule has 0 spiro atoms. The second kappa shape index (κ2) is 4.95. The predicted molar refractivity (Wildman–Crippen MR) is 67.2 cm³/mol. The third-order valence-electron chi connectivity index (χ3n) is 3.09. The number of hydrogen-bond donors (Lipinski definition) is 2. The number of halogens is 1. The summed E-state index contributed by atoms with van der Waals surface area (Å²) in [6.07, 6.45) is 2.27. The molecule has 0 bridgehead atoms. The van der Waals surface area contributed by atoms with E-state index in [-0.39, 0.29) is 10.5 Å². The van der Waals surface area contributed by atoms with Gasteiger partial charge in [-0.1, -0.05) is 0 Å². The molecule has 1 saturated carbocycles. The molecule has 0 radical (unpaired) electrons. The molecule has 0 aliphatic heterocycles. The largest absolute Gasteiger partial charge is 0.310 e. The van der Waals surface area contributed by atoms with Crippen LogP contribution >= 0.6 is 0 Å². The van der Waals surface area contributed by atoms with E-state index in [2.05, 4.69) is 10.0 Å². The van der Waals surface area contributed by atoms with Crippen molar-refractivity contribution in [2.75, 3.05) is 7.05 Å². The maximum absolute atomic E-state index is 13.7. The summed E-state index contributed by atoms with van der Waals surface area (Å²) in [5.41, 5.74) is 0.804. The fourth-order valence-electron chi connectivity index (χ4n) is 1.75. The molecule has 1 fully saturated rings. The number of hydrogen-bond acceptors (Lipinski definition) is 3. The zero-order valence-electron chi connectivity index (χ0n) is 10.5. The van der Waals surface area contributed by atoms with Crippen molar-refractivity contribution in [1.29, 1.82) is 0 Å². The van der Waals surface area contributed by atoms with Gasteiger partial charge in [-0.25, -0.2) is 17.5 Å². The van der Waals surface area contributed by atoms with E-state index in [1.54, 1.807) is 0 Å². The molecule has 0 aromatic heterocycles. The summed E-state index contributed by atoms with van der Waals surface area (Å²) in [5.74, 6) is -0.487. The zero-order valence-corrected chi connectivity index (χ0v) is 11.3. The van der Waals surface area contributed by atoms with Crippen LogP contribution < -0.4 is 10.0 Å². The molecule has 0 atom stereocenters. The van der Waals surface area contributed by atoms with Gasteiger partial charge in [0.25, 0.3) is 0 Å². The monoisotopic (exact) mass is 272 g/mol. The van der Waals surface area contributed by atoms with Crippen LogP contribution in [0.3, 0.4) is 0 Å².